The first-order chi connectivity index (χ1) is 15.1. The number of rotatable bonds is 6. The van der Waals surface area contributed by atoms with Crippen molar-refractivity contribution in [2.24, 2.45) is 5.92 Å². The number of carbonyl (C=O) groups excluding carboxylic acids is 1. The van der Waals surface area contributed by atoms with Gasteiger partial charge in [0.2, 0.25) is 5.91 Å². The van der Waals surface area contributed by atoms with E-state index in [1.165, 1.54) is 4.57 Å². The Morgan fingerprint density at radius 1 is 1.25 bits per heavy atom. The highest BCUT2D eigenvalue weighted by Crippen LogP contribution is 2.27. The number of nitriles is 1. The molecule has 0 radical (unpaired) electrons. The molecule has 0 saturated carbocycles. The van der Waals surface area contributed by atoms with E-state index in [1.807, 2.05) is 45.0 Å². The van der Waals surface area contributed by atoms with E-state index in [4.69, 9.17) is 11.6 Å². The summed E-state index contributed by atoms with van der Waals surface area (Å²) in [5, 5.41) is 13.1. The molecule has 1 N–H and O–H groups in total. The maximum Gasteiger partial charge on any atom is 0.266 e. The molecule has 8 heteroatoms. The standard InChI is InChI=1S/C24H25ClN4O2S/c1-14(2)24(5,13-26)28-21(30)16(4)32-23-27-20-12-17(25)9-10-19(20)22(31)29(23)18-8-6-7-15(3)11-18/h6-12,14,16H,1-5H3,(H,28,30). The zero-order chi connectivity index (χ0) is 23.6. The molecule has 2 atom stereocenters. The Bertz CT molecular complexity index is 1280. The van der Waals surface area contributed by atoms with Gasteiger partial charge in [0.1, 0.15) is 5.54 Å². The van der Waals surface area contributed by atoms with Crippen molar-refractivity contribution in [3.05, 3.63) is 63.4 Å². The van der Waals surface area contributed by atoms with Gasteiger partial charge >= 0.3 is 0 Å². The van der Waals surface area contributed by atoms with Gasteiger partial charge in [-0.2, -0.15) is 5.26 Å². The Morgan fingerprint density at radius 2 is 1.97 bits per heavy atom. The van der Waals surface area contributed by atoms with E-state index in [-0.39, 0.29) is 17.4 Å². The Morgan fingerprint density at radius 3 is 2.59 bits per heavy atom. The Balaban J connectivity index is 2.08. The van der Waals surface area contributed by atoms with Gasteiger partial charge in [-0.05, 0) is 62.6 Å². The van der Waals surface area contributed by atoms with Crippen molar-refractivity contribution in [2.45, 2.75) is 50.6 Å². The summed E-state index contributed by atoms with van der Waals surface area (Å²) in [6, 6.07) is 14.7. The van der Waals surface area contributed by atoms with Crippen molar-refractivity contribution in [2.75, 3.05) is 0 Å². The molecule has 6 nitrogen and oxygen atoms in total. The molecule has 3 rings (SSSR count). The number of aromatic nitrogens is 2. The van der Waals surface area contributed by atoms with Crippen LogP contribution >= 0.6 is 23.4 Å². The van der Waals surface area contributed by atoms with Crippen LogP contribution in [0.4, 0.5) is 0 Å². The number of aryl methyl sites for hydroxylation is 1. The molecule has 0 aliphatic carbocycles. The molecule has 0 aliphatic rings. The van der Waals surface area contributed by atoms with E-state index in [9.17, 15) is 14.9 Å². The zero-order valence-corrected chi connectivity index (χ0v) is 20.2. The molecule has 1 aromatic heterocycles. The summed E-state index contributed by atoms with van der Waals surface area (Å²) < 4.78 is 1.52. The second-order valence-corrected chi connectivity index (χ2v) is 10.00. The van der Waals surface area contributed by atoms with Crippen LogP contribution in [0.15, 0.2) is 52.4 Å². The summed E-state index contributed by atoms with van der Waals surface area (Å²) in [6.07, 6.45) is 0. The van der Waals surface area contributed by atoms with Gasteiger partial charge in [-0.1, -0.05) is 49.3 Å². The molecular formula is C24H25ClN4O2S. The fourth-order valence-corrected chi connectivity index (χ4v) is 4.18. The van der Waals surface area contributed by atoms with E-state index >= 15 is 0 Å². The van der Waals surface area contributed by atoms with Gasteiger partial charge in [-0.3, -0.25) is 14.2 Å². The minimum Gasteiger partial charge on any atom is -0.337 e. The van der Waals surface area contributed by atoms with E-state index in [1.54, 1.807) is 32.0 Å². The lowest BCUT2D eigenvalue weighted by Gasteiger charge is -2.28. The third kappa shape index (κ3) is 4.82. The second-order valence-electron chi connectivity index (χ2n) is 8.25. The SMILES string of the molecule is Cc1cccc(-n2c(SC(C)C(=O)NC(C)(C#N)C(C)C)nc3cc(Cl)ccc3c2=O)c1. The lowest BCUT2D eigenvalue weighted by molar-refractivity contribution is -0.121. The van der Waals surface area contributed by atoms with Crippen LogP contribution in [0, 0.1) is 24.2 Å². The van der Waals surface area contributed by atoms with E-state index in [0.29, 0.717) is 26.8 Å². The minimum absolute atomic E-state index is 0.0694. The topological polar surface area (TPSA) is 87.8 Å². The first-order valence-corrected chi connectivity index (χ1v) is 11.5. The number of nitrogens with one attached hydrogen (secondary N) is 1. The van der Waals surface area contributed by atoms with Crippen LogP contribution in [0.3, 0.4) is 0 Å². The van der Waals surface area contributed by atoms with Crippen molar-refractivity contribution in [1.82, 2.24) is 14.9 Å². The average Bonchev–Trinajstić information content (AvgIpc) is 2.73. The number of benzene rings is 2. The number of nitrogens with zero attached hydrogens (tertiary/aromatic N) is 3. The van der Waals surface area contributed by atoms with Gasteiger partial charge in [-0.25, -0.2) is 4.98 Å². The Labute approximate surface area is 196 Å². The quantitative estimate of drug-likeness (QED) is 0.411. The first-order valence-electron chi connectivity index (χ1n) is 10.2. The maximum atomic E-state index is 13.4. The van der Waals surface area contributed by atoms with Gasteiger partial charge < -0.3 is 5.32 Å². The summed E-state index contributed by atoms with van der Waals surface area (Å²) in [6.45, 7) is 9.13. The molecule has 0 bridgehead atoms. The van der Waals surface area contributed by atoms with E-state index < -0.39 is 10.8 Å². The normalized spacial score (nSPS) is 14.1. The molecule has 1 heterocycles. The molecular weight excluding hydrogens is 444 g/mol. The monoisotopic (exact) mass is 468 g/mol. The predicted octanol–water partition coefficient (Wildman–Crippen LogP) is 4.88. The lowest BCUT2D eigenvalue weighted by Crippen LogP contribution is -2.51. The van der Waals surface area contributed by atoms with Gasteiger partial charge in [0.25, 0.3) is 5.56 Å². The number of amides is 1. The molecule has 2 unspecified atom stereocenters. The molecule has 166 valence electrons. The van der Waals surface area contributed by atoms with Crippen molar-refractivity contribution in [3.63, 3.8) is 0 Å². The zero-order valence-electron chi connectivity index (χ0n) is 18.6. The van der Waals surface area contributed by atoms with Gasteiger partial charge in [-0.15, -0.1) is 0 Å². The number of hydrogen-bond donors (Lipinski definition) is 1. The molecule has 0 saturated heterocycles. The Kier molecular flexibility index (Phi) is 6.97. The second kappa shape index (κ2) is 9.35. The van der Waals surface area contributed by atoms with Crippen LogP contribution in [-0.2, 0) is 4.79 Å². The van der Waals surface area contributed by atoms with Gasteiger partial charge in [0.15, 0.2) is 5.16 Å². The largest absolute Gasteiger partial charge is 0.337 e. The van der Waals surface area contributed by atoms with E-state index in [2.05, 4.69) is 16.4 Å². The molecule has 2 aromatic carbocycles. The number of halogens is 1. The molecule has 0 fully saturated rings. The highest BCUT2D eigenvalue weighted by molar-refractivity contribution is 8.00. The van der Waals surface area contributed by atoms with Crippen LogP contribution in [0.1, 0.15) is 33.3 Å². The predicted molar refractivity (Wildman–Crippen MR) is 129 cm³/mol. The average molecular weight is 469 g/mol. The molecule has 1 amide bonds. The van der Waals surface area contributed by atoms with Crippen molar-refractivity contribution in [1.29, 1.82) is 5.26 Å². The molecule has 0 spiro atoms. The smallest absolute Gasteiger partial charge is 0.266 e. The van der Waals surface area contributed by atoms with Crippen molar-refractivity contribution in [3.8, 4) is 11.8 Å². The fourth-order valence-electron chi connectivity index (χ4n) is 3.08. The molecule has 32 heavy (non-hydrogen) atoms. The van der Waals surface area contributed by atoms with Gasteiger partial charge in [0, 0.05) is 5.02 Å². The minimum atomic E-state index is -0.994. The van der Waals surface area contributed by atoms with Crippen LogP contribution in [0.25, 0.3) is 16.6 Å². The highest BCUT2D eigenvalue weighted by atomic mass is 35.5. The third-order valence-corrected chi connectivity index (χ3v) is 6.77. The summed E-state index contributed by atoms with van der Waals surface area (Å²) in [5.74, 6) is -0.371. The number of hydrogen-bond acceptors (Lipinski definition) is 5. The van der Waals surface area contributed by atoms with Crippen molar-refractivity contribution < 1.29 is 4.79 Å². The van der Waals surface area contributed by atoms with Crippen LogP contribution in [-0.4, -0.2) is 26.2 Å². The maximum absolute atomic E-state index is 13.4. The molecule has 0 aliphatic heterocycles. The highest BCUT2D eigenvalue weighted by Gasteiger charge is 2.32. The van der Waals surface area contributed by atoms with Crippen molar-refractivity contribution >= 4 is 40.2 Å². The number of fused-ring (bicyclic) bond motifs is 1. The van der Waals surface area contributed by atoms with Gasteiger partial charge in [0.05, 0.1) is 27.9 Å². The van der Waals surface area contributed by atoms with E-state index in [0.717, 1.165) is 17.3 Å². The summed E-state index contributed by atoms with van der Waals surface area (Å²) >= 11 is 7.29. The lowest BCUT2D eigenvalue weighted by atomic mass is 9.90. The molecule has 3 aromatic rings. The summed E-state index contributed by atoms with van der Waals surface area (Å²) in [4.78, 5) is 31.0. The number of thioether (sulfide) groups is 1. The van der Waals surface area contributed by atoms with Crippen LogP contribution in [0.2, 0.25) is 5.02 Å². The van der Waals surface area contributed by atoms with Crippen LogP contribution in [0.5, 0.6) is 0 Å². The summed E-state index contributed by atoms with van der Waals surface area (Å²) in [7, 11) is 0. The summed E-state index contributed by atoms with van der Waals surface area (Å²) in [5.41, 5.74) is 0.890. The number of carbonyl (C=O) groups is 1. The third-order valence-electron chi connectivity index (χ3n) is 5.48. The van der Waals surface area contributed by atoms with Crippen LogP contribution < -0.4 is 10.9 Å². The Hall–Kier alpha value is -2.82. The first kappa shape index (κ1) is 23.8. The fraction of sp³-hybridized carbons (Fsp3) is 0.333.